The van der Waals surface area contributed by atoms with E-state index in [0.29, 0.717) is 0 Å². The monoisotopic (exact) mass is 317 g/mol. The van der Waals surface area contributed by atoms with Gasteiger partial charge in [0, 0.05) is 0 Å². The van der Waals surface area contributed by atoms with E-state index in [9.17, 15) is 22.4 Å². The van der Waals surface area contributed by atoms with Crippen LogP contribution in [0.3, 0.4) is 0 Å². The summed E-state index contributed by atoms with van der Waals surface area (Å²) in [7, 11) is 0. The second kappa shape index (κ2) is 5.24. The molecule has 0 saturated carbocycles. The summed E-state index contributed by atoms with van der Waals surface area (Å²) in [5.41, 5.74) is -1.21. The molecular weight excluding hydrogens is 306 g/mol. The predicted octanol–water partition coefficient (Wildman–Crippen LogP) is 1.96. The fraction of sp³-hybridized carbons (Fsp3) is 0.385. The summed E-state index contributed by atoms with van der Waals surface area (Å²) < 4.78 is 58.7. The molecular formula is C13H11F4N3O2. The second-order valence-corrected chi connectivity index (χ2v) is 4.88. The van der Waals surface area contributed by atoms with Gasteiger partial charge in [-0.1, -0.05) is 0 Å². The molecule has 2 aromatic rings. The Bertz CT molecular complexity index is 720. The number of aromatic nitrogens is 3. The lowest BCUT2D eigenvalue weighted by atomic mass is 10.2. The third-order valence-corrected chi connectivity index (χ3v) is 3.46. The number of alkyl halides is 4. The number of nitrogens with zero attached hydrogens (tertiary/aromatic N) is 3. The fourth-order valence-electron chi connectivity index (χ4n) is 2.35. The van der Waals surface area contributed by atoms with E-state index in [1.807, 2.05) is 0 Å². The Morgan fingerprint density at radius 1 is 1.18 bits per heavy atom. The molecule has 0 spiro atoms. The van der Waals surface area contributed by atoms with E-state index in [1.165, 1.54) is 16.8 Å². The van der Waals surface area contributed by atoms with E-state index in [4.69, 9.17) is 4.74 Å². The zero-order valence-corrected chi connectivity index (χ0v) is 11.1. The van der Waals surface area contributed by atoms with Crippen molar-refractivity contribution >= 4 is 0 Å². The molecule has 0 N–H and O–H groups in total. The van der Waals surface area contributed by atoms with Crippen molar-refractivity contribution in [2.45, 2.75) is 18.4 Å². The van der Waals surface area contributed by atoms with Crippen LogP contribution in [0, 0.1) is 0 Å². The molecule has 0 unspecified atom stereocenters. The molecule has 0 aliphatic carbocycles. The molecule has 2 heterocycles. The Morgan fingerprint density at radius 3 is 2.41 bits per heavy atom. The SMILES string of the molecule is O=c1ncn(-c2ccc(C(F)(F)F)cc2)n1[C@H]1COC[C@H]1F. The van der Waals surface area contributed by atoms with Crippen molar-refractivity contribution in [1.29, 1.82) is 0 Å². The second-order valence-electron chi connectivity index (χ2n) is 4.88. The van der Waals surface area contributed by atoms with Crippen LogP contribution in [-0.2, 0) is 10.9 Å². The van der Waals surface area contributed by atoms with Crippen LogP contribution in [0.1, 0.15) is 11.6 Å². The van der Waals surface area contributed by atoms with Gasteiger partial charge < -0.3 is 4.74 Å². The molecule has 0 bridgehead atoms. The van der Waals surface area contributed by atoms with Gasteiger partial charge in [-0.2, -0.15) is 18.2 Å². The highest BCUT2D eigenvalue weighted by Crippen LogP contribution is 2.30. The van der Waals surface area contributed by atoms with E-state index >= 15 is 0 Å². The minimum Gasteiger partial charge on any atom is -0.376 e. The van der Waals surface area contributed by atoms with Crippen LogP contribution in [0.15, 0.2) is 35.4 Å². The van der Waals surface area contributed by atoms with E-state index in [-0.39, 0.29) is 18.9 Å². The molecule has 1 saturated heterocycles. The summed E-state index contributed by atoms with van der Waals surface area (Å²) in [5.74, 6) is 0. The predicted molar refractivity (Wildman–Crippen MR) is 67.6 cm³/mol. The van der Waals surface area contributed by atoms with Crippen LogP contribution in [-0.4, -0.2) is 33.7 Å². The number of hydrogen-bond acceptors (Lipinski definition) is 3. The first-order valence-corrected chi connectivity index (χ1v) is 6.43. The van der Waals surface area contributed by atoms with E-state index in [0.717, 1.165) is 23.1 Å². The van der Waals surface area contributed by atoms with E-state index in [2.05, 4.69) is 4.98 Å². The Balaban J connectivity index is 2.01. The van der Waals surface area contributed by atoms with Gasteiger partial charge in [-0.15, -0.1) is 0 Å². The first-order chi connectivity index (χ1) is 10.4. The highest BCUT2D eigenvalue weighted by Gasteiger charge is 2.33. The third-order valence-electron chi connectivity index (χ3n) is 3.46. The Kier molecular flexibility index (Phi) is 3.51. The molecule has 0 amide bonds. The van der Waals surface area contributed by atoms with Crippen molar-refractivity contribution in [3.8, 4) is 5.69 Å². The lowest BCUT2D eigenvalue weighted by Crippen LogP contribution is -2.32. The quantitative estimate of drug-likeness (QED) is 0.796. The summed E-state index contributed by atoms with van der Waals surface area (Å²) in [6, 6.07) is 3.33. The van der Waals surface area contributed by atoms with Crippen LogP contribution in [0.4, 0.5) is 17.6 Å². The van der Waals surface area contributed by atoms with Crippen molar-refractivity contribution in [2.75, 3.05) is 13.2 Å². The van der Waals surface area contributed by atoms with Crippen LogP contribution in [0.5, 0.6) is 0 Å². The molecule has 2 atom stereocenters. The topological polar surface area (TPSA) is 49.0 Å². The molecule has 1 aromatic heterocycles. The number of halogens is 4. The maximum absolute atomic E-state index is 13.8. The van der Waals surface area contributed by atoms with Gasteiger partial charge in [0.1, 0.15) is 18.5 Å². The molecule has 22 heavy (non-hydrogen) atoms. The minimum absolute atomic E-state index is 0.00734. The maximum atomic E-state index is 13.8. The molecule has 1 aliphatic heterocycles. The fourth-order valence-corrected chi connectivity index (χ4v) is 2.35. The molecule has 5 nitrogen and oxygen atoms in total. The van der Waals surface area contributed by atoms with Crippen LogP contribution < -0.4 is 5.69 Å². The van der Waals surface area contributed by atoms with Crippen LogP contribution >= 0.6 is 0 Å². The van der Waals surface area contributed by atoms with Crippen molar-refractivity contribution in [3.05, 3.63) is 46.6 Å². The number of rotatable bonds is 2. The highest BCUT2D eigenvalue weighted by molar-refractivity contribution is 5.34. The number of ether oxygens (including phenoxy) is 1. The maximum Gasteiger partial charge on any atom is 0.416 e. The average molecular weight is 317 g/mol. The average Bonchev–Trinajstić information content (AvgIpc) is 3.04. The summed E-state index contributed by atoms with van der Waals surface area (Å²) in [6.45, 7) is -0.122. The molecule has 3 rings (SSSR count). The third kappa shape index (κ3) is 2.52. The Hall–Kier alpha value is -2.16. The Labute approximate surface area is 121 Å². The van der Waals surface area contributed by atoms with Gasteiger partial charge >= 0.3 is 11.9 Å². The summed E-state index contributed by atoms with van der Waals surface area (Å²) >= 11 is 0. The van der Waals surface area contributed by atoms with Crippen molar-refractivity contribution < 1.29 is 22.3 Å². The Morgan fingerprint density at radius 2 is 1.86 bits per heavy atom. The van der Waals surface area contributed by atoms with E-state index < -0.39 is 29.6 Å². The molecule has 0 radical (unpaired) electrons. The summed E-state index contributed by atoms with van der Waals surface area (Å²) in [6.07, 6.45) is -4.67. The zero-order valence-electron chi connectivity index (χ0n) is 11.1. The largest absolute Gasteiger partial charge is 0.416 e. The first kappa shape index (κ1) is 14.8. The standard InChI is InChI=1S/C13H11F4N3O2/c14-10-5-22-6-11(10)20-12(21)18-7-19(20)9-3-1-8(2-4-9)13(15,16)17/h1-4,7,10-11H,5-6H2/t10-,11+/m1/s1. The summed E-state index contributed by atoms with van der Waals surface area (Å²) in [4.78, 5) is 15.4. The van der Waals surface area contributed by atoms with Gasteiger partial charge in [0.25, 0.3) is 0 Å². The minimum atomic E-state index is -4.45. The van der Waals surface area contributed by atoms with Gasteiger partial charge in [0.15, 0.2) is 0 Å². The van der Waals surface area contributed by atoms with Crippen LogP contribution in [0.25, 0.3) is 5.69 Å². The number of hydrogen-bond donors (Lipinski definition) is 0. The van der Waals surface area contributed by atoms with Crippen molar-refractivity contribution in [3.63, 3.8) is 0 Å². The van der Waals surface area contributed by atoms with Gasteiger partial charge in [-0.25, -0.2) is 18.5 Å². The molecule has 9 heteroatoms. The van der Waals surface area contributed by atoms with Gasteiger partial charge in [-0.05, 0) is 24.3 Å². The molecule has 118 valence electrons. The van der Waals surface area contributed by atoms with Gasteiger partial charge in [-0.3, -0.25) is 0 Å². The first-order valence-electron chi connectivity index (χ1n) is 6.43. The smallest absolute Gasteiger partial charge is 0.376 e. The summed E-state index contributed by atoms with van der Waals surface area (Å²) in [5, 5.41) is 0. The van der Waals surface area contributed by atoms with Gasteiger partial charge in [0.2, 0.25) is 0 Å². The molecule has 1 aliphatic rings. The van der Waals surface area contributed by atoms with E-state index in [1.54, 1.807) is 0 Å². The number of benzene rings is 1. The van der Waals surface area contributed by atoms with Crippen molar-refractivity contribution in [1.82, 2.24) is 14.3 Å². The van der Waals surface area contributed by atoms with Crippen LogP contribution in [0.2, 0.25) is 0 Å². The molecule has 1 aromatic carbocycles. The lowest BCUT2D eigenvalue weighted by Gasteiger charge is -2.17. The molecule has 1 fully saturated rings. The van der Waals surface area contributed by atoms with Crippen molar-refractivity contribution in [2.24, 2.45) is 0 Å². The highest BCUT2D eigenvalue weighted by atomic mass is 19.4. The normalized spacial score (nSPS) is 22.2. The zero-order chi connectivity index (χ0) is 15.9. The lowest BCUT2D eigenvalue weighted by molar-refractivity contribution is -0.137. The van der Waals surface area contributed by atoms with Gasteiger partial charge in [0.05, 0.1) is 24.5 Å².